The summed E-state index contributed by atoms with van der Waals surface area (Å²) in [6.07, 6.45) is 7.78. The minimum absolute atomic E-state index is 0.0826. The molecule has 1 aliphatic heterocycles. The second kappa shape index (κ2) is 8.66. The summed E-state index contributed by atoms with van der Waals surface area (Å²) in [7, 11) is 0. The highest BCUT2D eigenvalue weighted by molar-refractivity contribution is 5.92. The Morgan fingerprint density at radius 3 is 2.89 bits per heavy atom. The fourth-order valence-electron chi connectivity index (χ4n) is 3.42. The molecule has 28 heavy (non-hydrogen) atoms. The van der Waals surface area contributed by atoms with Gasteiger partial charge in [-0.05, 0) is 67.0 Å². The molecule has 1 amide bonds. The summed E-state index contributed by atoms with van der Waals surface area (Å²) >= 11 is 0. The van der Waals surface area contributed by atoms with Crippen molar-refractivity contribution < 1.29 is 4.79 Å². The number of carbonyl (C=O) groups excluding carboxylic acids is 1. The Balaban J connectivity index is 1.58. The van der Waals surface area contributed by atoms with Crippen LogP contribution in [0.4, 0.5) is 0 Å². The van der Waals surface area contributed by atoms with Crippen LogP contribution in [-0.4, -0.2) is 60.1 Å². The number of amides is 1. The Bertz CT molecular complexity index is 874. The molecule has 3 aromatic heterocycles. The molecule has 9 heteroatoms. The van der Waals surface area contributed by atoms with Gasteiger partial charge in [0.1, 0.15) is 12.0 Å². The minimum atomic E-state index is -0.0826. The Morgan fingerprint density at radius 2 is 2.14 bits per heavy atom. The first-order valence-electron chi connectivity index (χ1n) is 9.42. The number of nitrogens with zero attached hydrogens (tertiary/aromatic N) is 7. The molecule has 0 spiro atoms. The third-order valence-electron chi connectivity index (χ3n) is 4.89. The van der Waals surface area contributed by atoms with Crippen LogP contribution < -0.4 is 5.32 Å². The number of pyridine rings is 2. The number of rotatable bonds is 5. The highest BCUT2D eigenvalue weighted by Gasteiger charge is 2.27. The monoisotopic (exact) mass is 378 g/mol. The van der Waals surface area contributed by atoms with E-state index in [9.17, 15) is 4.79 Å². The Hall–Kier alpha value is -3.20. The maximum atomic E-state index is 13.3. The predicted octanol–water partition coefficient (Wildman–Crippen LogP) is 1.24. The van der Waals surface area contributed by atoms with E-state index in [2.05, 4.69) is 30.8 Å². The Morgan fingerprint density at radius 1 is 1.18 bits per heavy atom. The molecular weight excluding hydrogens is 356 g/mol. The number of aromatic nitrogens is 6. The van der Waals surface area contributed by atoms with E-state index in [1.165, 1.54) is 11.0 Å². The molecule has 1 N–H and O–H groups in total. The van der Waals surface area contributed by atoms with Gasteiger partial charge in [0.25, 0.3) is 5.91 Å². The van der Waals surface area contributed by atoms with Crippen LogP contribution in [0.3, 0.4) is 0 Å². The van der Waals surface area contributed by atoms with Crippen LogP contribution in [0.1, 0.15) is 35.4 Å². The van der Waals surface area contributed by atoms with Crippen molar-refractivity contribution >= 4 is 5.91 Å². The lowest BCUT2D eigenvalue weighted by Crippen LogP contribution is -2.41. The average molecular weight is 378 g/mol. The van der Waals surface area contributed by atoms with Gasteiger partial charge >= 0.3 is 0 Å². The SMILES string of the molecule is O=C(c1ccc(-n2cnnn2)cn1)N(Cc1ccccn1)C1CCCNCC1. The first-order chi connectivity index (χ1) is 13.8. The molecule has 1 atom stereocenters. The van der Waals surface area contributed by atoms with Gasteiger partial charge in [0.2, 0.25) is 0 Å². The second-order valence-electron chi connectivity index (χ2n) is 6.74. The van der Waals surface area contributed by atoms with Gasteiger partial charge in [-0.3, -0.25) is 9.78 Å². The van der Waals surface area contributed by atoms with E-state index in [1.807, 2.05) is 23.1 Å². The topological polar surface area (TPSA) is 102 Å². The maximum Gasteiger partial charge on any atom is 0.273 e. The van der Waals surface area contributed by atoms with E-state index < -0.39 is 0 Å². The van der Waals surface area contributed by atoms with Crippen molar-refractivity contribution in [2.24, 2.45) is 0 Å². The van der Waals surface area contributed by atoms with Crippen molar-refractivity contribution in [2.45, 2.75) is 31.8 Å². The van der Waals surface area contributed by atoms with Gasteiger partial charge in [-0.2, -0.15) is 4.68 Å². The van der Waals surface area contributed by atoms with Crippen LogP contribution in [0, 0.1) is 0 Å². The second-order valence-corrected chi connectivity index (χ2v) is 6.74. The molecule has 1 aliphatic rings. The third-order valence-corrected chi connectivity index (χ3v) is 4.89. The van der Waals surface area contributed by atoms with Gasteiger partial charge < -0.3 is 10.2 Å². The molecule has 4 heterocycles. The summed E-state index contributed by atoms with van der Waals surface area (Å²) < 4.78 is 1.50. The van der Waals surface area contributed by atoms with Crippen molar-refractivity contribution in [3.05, 3.63) is 60.4 Å². The molecule has 1 unspecified atom stereocenters. The van der Waals surface area contributed by atoms with Crippen LogP contribution in [0.25, 0.3) is 5.69 Å². The maximum absolute atomic E-state index is 13.3. The van der Waals surface area contributed by atoms with Gasteiger partial charge in [0.05, 0.1) is 24.1 Å². The average Bonchev–Trinajstić information content (AvgIpc) is 3.15. The molecule has 9 nitrogen and oxygen atoms in total. The summed E-state index contributed by atoms with van der Waals surface area (Å²) in [5, 5.41) is 14.5. The van der Waals surface area contributed by atoms with Crippen molar-refractivity contribution in [3.63, 3.8) is 0 Å². The highest BCUT2D eigenvalue weighted by Crippen LogP contribution is 2.19. The first kappa shape index (κ1) is 18.2. The largest absolute Gasteiger partial charge is 0.328 e. The molecule has 0 aliphatic carbocycles. The predicted molar refractivity (Wildman–Crippen MR) is 102 cm³/mol. The first-order valence-corrected chi connectivity index (χ1v) is 9.42. The van der Waals surface area contributed by atoms with E-state index in [1.54, 1.807) is 24.5 Å². The van der Waals surface area contributed by atoms with Crippen molar-refractivity contribution in [2.75, 3.05) is 13.1 Å². The van der Waals surface area contributed by atoms with Crippen LogP contribution in [0.15, 0.2) is 49.1 Å². The zero-order valence-electron chi connectivity index (χ0n) is 15.5. The summed E-state index contributed by atoms with van der Waals surface area (Å²) in [5.74, 6) is -0.0826. The molecule has 1 fully saturated rings. The van der Waals surface area contributed by atoms with Crippen molar-refractivity contribution in [1.82, 2.24) is 40.4 Å². The van der Waals surface area contributed by atoms with E-state index in [0.29, 0.717) is 17.9 Å². The van der Waals surface area contributed by atoms with Crippen molar-refractivity contribution in [1.29, 1.82) is 0 Å². The van der Waals surface area contributed by atoms with Crippen molar-refractivity contribution in [3.8, 4) is 5.69 Å². The lowest BCUT2D eigenvalue weighted by molar-refractivity contribution is 0.0636. The quantitative estimate of drug-likeness (QED) is 0.712. The van der Waals surface area contributed by atoms with Crippen LogP contribution >= 0.6 is 0 Å². The molecule has 0 saturated carbocycles. The molecular formula is C19H22N8O. The Kier molecular flexibility index (Phi) is 5.62. The summed E-state index contributed by atoms with van der Waals surface area (Å²) in [4.78, 5) is 24.0. The summed E-state index contributed by atoms with van der Waals surface area (Å²) in [6, 6.07) is 9.45. The molecule has 3 aromatic rings. The van der Waals surface area contributed by atoms with Crippen LogP contribution in [0.5, 0.6) is 0 Å². The van der Waals surface area contributed by atoms with Gasteiger partial charge in [0.15, 0.2) is 0 Å². The zero-order valence-corrected chi connectivity index (χ0v) is 15.5. The third kappa shape index (κ3) is 4.20. The summed E-state index contributed by atoms with van der Waals surface area (Å²) in [6.45, 7) is 2.37. The number of tetrazole rings is 1. The lowest BCUT2D eigenvalue weighted by Gasteiger charge is -2.30. The standard InChI is InChI=1S/C19H22N8O/c28-19(18-7-6-17(12-22-18)27-14-23-24-25-27)26(13-15-4-1-2-10-21-15)16-5-3-9-20-11-8-16/h1-2,4,6-7,10,12,14,16,20H,3,5,8-9,11,13H2. The number of carbonyl (C=O) groups is 1. The summed E-state index contributed by atoms with van der Waals surface area (Å²) in [5.41, 5.74) is 1.99. The van der Waals surface area contributed by atoms with E-state index in [0.717, 1.165) is 38.0 Å². The van der Waals surface area contributed by atoms with E-state index in [-0.39, 0.29) is 11.9 Å². The smallest absolute Gasteiger partial charge is 0.273 e. The zero-order chi connectivity index (χ0) is 19.2. The van der Waals surface area contributed by atoms with Gasteiger partial charge in [-0.15, -0.1) is 5.10 Å². The minimum Gasteiger partial charge on any atom is -0.328 e. The molecule has 1 saturated heterocycles. The van der Waals surface area contributed by atoms with Gasteiger partial charge in [-0.1, -0.05) is 6.07 Å². The number of hydrogen-bond donors (Lipinski definition) is 1. The van der Waals surface area contributed by atoms with E-state index in [4.69, 9.17) is 0 Å². The normalized spacial score (nSPS) is 17.1. The fraction of sp³-hybridized carbons (Fsp3) is 0.368. The van der Waals surface area contributed by atoms with Gasteiger partial charge in [0, 0.05) is 12.2 Å². The van der Waals surface area contributed by atoms with Crippen LogP contribution in [0.2, 0.25) is 0 Å². The van der Waals surface area contributed by atoms with Crippen LogP contribution in [-0.2, 0) is 6.54 Å². The fourth-order valence-corrected chi connectivity index (χ4v) is 3.42. The number of hydrogen-bond acceptors (Lipinski definition) is 7. The molecule has 144 valence electrons. The molecule has 0 radical (unpaired) electrons. The highest BCUT2D eigenvalue weighted by atomic mass is 16.2. The molecule has 0 aromatic carbocycles. The number of nitrogens with one attached hydrogen (secondary N) is 1. The van der Waals surface area contributed by atoms with E-state index >= 15 is 0 Å². The lowest BCUT2D eigenvalue weighted by atomic mass is 10.1. The Labute approximate surface area is 162 Å². The van der Waals surface area contributed by atoms with Gasteiger partial charge in [-0.25, -0.2) is 4.98 Å². The molecule has 4 rings (SSSR count). The molecule has 0 bridgehead atoms.